The predicted octanol–water partition coefficient (Wildman–Crippen LogP) is 0.993. The third kappa shape index (κ3) is 5.79. The van der Waals surface area contributed by atoms with E-state index in [0.29, 0.717) is 6.54 Å². The van der Waals surface area contributed by atoms with Crippen molar-refractivity contribution in [1.82, 2.24) is 9.97 Å². The van der Waals surface area contributed by atoms with E-state index in [1.807, 2.05) is 19.9 Å². The second-order valence-electron chi connectivity index (χ2n) is 4.32. The number of methoxy groups -OCH3 is 1. The molecule has 0 spiro atoms. The molecule has 1 heterocycles. The zero-order valence-corrected chi connectivity index (χ0v) is 11.4. The average Bonchev–Trinajstić information content (AvgIpc) is 2.32. The standard InChI is InChI=1S/C12H23N5O/c1-9(13)8-15-12-7-11(16-10(2)17-12)14-5-4-6-18-3/h7,9H,4-6,8,13H2,1-3H3,(H2,14,15,16,17). The number of hydrogen-bond donors (Lipinski definition) is 3. The van der Waals surface area contributed by atoms with Crippen LogP contribution in [0.1, 0.15) is 19.2 Å². The zero-order chi connectivity index (χ0) is 13.4. The second-order valence-corrected chi connectivity index (χ2v) is 4.32. The Morgan fingerprint density at radius 1 is 1.33 bits per heavy atom. The Morgan fingerprint density at radius 3 is 2.61 bits per heavy atom. The maximum Gasteiger partial charge on any atom is 0.131 e. The fourth-order valence-corrected chi connectivity index (χ4v) is 1.45. The minimum absolute atomic E-state index is 0.0957. The highest BCUT2D eigenvalue weighted by molar-refractivity contribution is 5.47. The minimum Gasteiger partial charge on any atom is -0.385 e. The topological polar surface area (TPSA) is 85.1 Å². The number of hydrogen-bond acceptors (Lipinski definition) is 6. The lowest BCUT2D eigenvalue weighted by Crippen LogP contribution is -2.25. The summed E-state index contributed by atoms with van der Waals surface area (Å²) in [5.41, 5.74) is 5.69. The molecule has 0 aromatic carbocycles. The highest BCUT2D eigenvalue weighted by Gasteiger charge is 2.02. The van der Waals surface area contributed by atoms with Crippen molar-refractivity contribution in [2.75, 3.05) is 37.4 Å². The van der Waals surface area contributed by atoms with Crippen molar-refractivity contribution in [3.05, 3.63) is 11.9 Å². The van der Waals surface area contributed by atoms with E-state index >= 15 is 0 Å². The van der Waals surface area contributed by atoms with Gasteiger partial charge in [0.05, 0.1) is 0 Å². The van der Waals surface area contributed by atoms with E-state index in [-0.39, 0.29) is 6.04 Å². The molecule has 0 saturated heterocycles. The summed E-state index contributed by atoms with van der Waals surface area (Å²) in [5.74, 6) is 2.36. The molecule has 0 aliphatic heterocycles. The van der Waals surface area contributed by atoms with Gasteiger partial charge in [0, 0.05) is 38.9 Å². The molecule has 0 saturated carbocycles. The van der Waals surface area contributed by atoms with Crippen LogP contribution in [0.5, 0.6) is 0 Å². The first-order valence-corrected chi connectivity index (χ1v) is 6.19. The molecule has 1 rings (SSSR count). The van der Waals surface area contributed by atoms with Gasteiger partial charge in [-0.25, -0.2) is 9.97 Å². The van der Waals surface area contributed by atoms with Gasteiger partial charge in [-0.05, 0) is 20.3 Å². The van der Waals surface area contributed by atoms with Crippen molar-refractivity contribution in [1.29, 1.82) is 0 Å². The number of nitrogens with zero attached hydrogens (tertiary/aromatic N) is 2. The molecular weight excluding hydrogens is 230 g/mol. The van der Waals surface area contributed by atoms with Crippen molar-refractivity contribution in [3.63, 3.8) is 0 Å². The van der Waals surface area contributed by atoms with Gasteiger partial charge < -0.3 is 21.1 Å². The van der Waals surface area contributed by atoms with Crippen molar-refractivity contribution in [2.45, 2.75) is 26.3 Å². The molecule has 102 valence electrons. The van der Waals surface area contributed by atoms with Crippen molar-refractivity contribution in [3.8, 4) is 0 Å². The lowest BCUT2D eigenvalue weighted by molar-refractivity contribution is 0.198. The molecule has 0 fully saturated rings. The van der Waals surface area contributed by atoms with E-state index in [0.717, 1.165) is 37.0 Å². The van der Waals surface area contributed by atoms with Crippen LogP contribution in [0.25, 0.3) is 0 Å². The minimum atomic E-state index is 0.0957. The van der Waals surface area contributed by atoms with E-state index in [1.165, 1.54) is 0 Å². The lowest BCUT2D eigenvalue weighted by Gasteiger charge is -2.11. The highest BCUT2D eigenvalue weighted by Crippen LogP contribution is 2.10. The van der Waals surface area contributed by atoms with Crippen LogP contribution < -0.4 is 16.4 Å². The Labute approximate surface area is 108 Å². The molecule has 0 amide bonds. The van der Waals surface area contributed by atoms with Crippen LogP contribution in [0.3, 0.4) is 0 Å². The average molecular weight is 253 g/mol. The first-order chi connectivity index (χ1) is 8.61. The Morgan fingerprint density at radius 2 is 2.00 bits per heavy atom. The molecule has 18 heavy (non-hydrogen) atoms. The second kappa shape index (κ2) is 7.84. The van der Waals surface area contributed by atoms with Crippen molar-refractivity contribution in [2.24, 2.45) is 5.73 Å². The SMILES string of the molecule is COCCCNc1cc(NCC(C)N)nc(C)n1. The van der Waals surface area contributed by atoms with Gasteiger partial charge in [0.1, 0.15) is 17.5 Å². The van der Waals surface area contributed by atoms with Gasteiger partial charge in [-0.2, -0.15) is 0 Å². The predicted molar refractivity (Wildman–Crippen MR) is 73.9 cm³/mol. The van der Waals surface area contributed by atoms with E-state index in [2.05, 4.69) is 20.6 Å². The summed E-state index contributed by atoms with van der Waals surface area (Å²) in [6, 6.07) is 1.99. The number of rotatable bonds is 8. The quantitative estimate of drug-likeness (QED) is 0.599. The maximum atomic E-state index is 5.69. The summed E-state index contributed by atoms with van der Waals surface area (Å²) >= 11 is 0. The van der Waals surface area contributed by atoms with Crippen molar-refractivity contribution >= 4 is 11.6 Å². The van der Waals surface area contributed by atoms with Crippen LogP contribution in [-0.2, 0) is 4.74 Å². The van der Waals surface area contributed by atoms with Crippen molar-refractivity contribution < 1.29 is 4.74 Å². The van der Waals surface area contributed by atoms with E-state index in [9.17, 15) is 0 Å². The van der Waals surface area contributed by atoms with Gasteiger partial charge in [-0.3, -0.25) is 0 Å². The van der Waals surface area contributed by atoms with Gasteiger partial charge in [0.2, 0.25) is 0 Å². The van der Waals surface area contributed by atoms with Gasteiger partial charge in [0.25, 0.3) is 0 Å². The van der Waals surface area contributed by atoms with E-state index in [4.69, 9.17) is 10.5 Å². The fourth-order valence-electron chi connectivity index (χ4n) is 1.45. The highest BCUT2D eigenvalue weighted by atomic mass is 16.5. The molecule has 1 aromatic heterocycles. The summed E-state index contributed by atoms with van der Waals surface area (Å²) in [6.45, 7) is 6.09. The summed E-state index contributed by atoms with van der Waals surface area (Å²) in [7, 11) is 1.70. The molecule has 1 aromatic rings. The molecule has 0 aliphatic carbocycles. The molecule has 6 heteroatoms. The number of anilines is 2. The molecule has 1 atom stereocenters. The van der Waals surface area contributed by atoms with E-state index in [1.54, 1.807) is 7.11 Å². The Balaban J connectivity index is 2.51. The van der Waals surface area contributed by atoms with E-state index < -0.39 is 0 Å². The smallest absolute Gasteiger partial charge is 0.131 e. The summed E-state index contributed by atoms with van der Waals surface area (Å²) in [6.07, 6.45) is 0.947. The maximum absolute atomic E-state index is 5.69. The molecule has 6 nitrogen and oxygen atoms in total. The van der Waals surface area contributed by atoms with Gasteiger partial charge in [-0.15, -0.1) is 0 Å². The molecule has 4 N–H and O–H groups in total. The molecule has 0 bridgehead atoms. The Hall–Kier alpha value is -1.40. The normalized spacial score (nSPS) is 12.2. The summed E-state index contributed by atoms with van der Waals surface area (Å²) in [4.78, 5) is 8.63. The van der Waals surface area contributed by atoms with Gasteiger partial charge in [-0.1, -0.05) is 0 Å². The number of nitrogens with two attached hydrogens (primary N) is 1. The van der Waals surface area contributed by atoms with Crippen LogP contribution in [0.15, 0.2) is 6.07 Å². The summed E-state index contributed by atoms with van der Waals surface area (Å²) < 4.78 is 4.99. The third-order valence-electron chi connectivity index (χ3n) is 2.27. The Bertz CT molecular complexity index is 356. The summed E-state index contributed by atoms with van der Waals surface area (Å²) in [5, 5.41) is 6.43. The first-order valence-electron chi connectivity index (χ1n) is 6.19. The molecule has 0 radical (unpaired) electrons. The van der Waals surface area contributed by atoms with Crippen LogP contribution in [-0.4, -0.2) is 42.8 Å². The van der Waals surface area contributed by atoms with Gasteiger partial charge in [0.15, 0.2) is 0 Å². The van der Waals surface area contributed by atoms with Crippen LogP contribution >= 0.6 is 0 Å². The first kappa shape index (κ1) is 14.7. The molecule has 1 unspecified atom stereocenters. The third-order valence-corrected chi connectivity index (χ3v) is 2.27. The number of aryl methyl sites for hydroxylation is 1. The molecule has 0 aliphatic rings. The van der Waals surface area contributed by atoms with Gasteiger partial charge >= 0.3 is 0 Å². The monoisotopic (exact) mass is 253 g/mol. The number of aromatic nitrogens is 2. The van der Waals surface area contributed by atoms with Crippen LogP contribution in [0.4, 0.5) is 11.6 Å². The molecular formula is C12H23N5O. The number of nitrogens with one attached hydrogen (secondary N) is 2. The van der Waals surface area contributed by atoms with Crippen LogP contribution in [0.2, 0.25) is 0 Å². The largest absolute Gasteiger partial charge is 0.385 e. The number of ether oxygens (including phenoxy) is 1. The fraction of sp³-hybridized carbons (Fsp3) is 0.667. The lowest BCUT2D eigenvalue weighted by atomic mass is 10.3. The zero-order valence-electron chi connectivity index (χ0n) is 11.4. The van der Waals surface area contributed by atoms with Crippen LogP contribution in [0, 0.1) is 6.92 Å². The Kier molecular flexibility index (Phi) is 6.38.